The molecule has 1 aliphatic rings. The number of nitrogens with two attached hydrogens (primary N) is 1. The fourth-order valence-corrected chi connectivity index (χ4v) is 2.37. The smallest absolute Gasteiger partial charge is 0.215 e. The van der Waals surface area contributed by atoms with Crippen molar-refractivity contribution >= 4 is 15.4 Å². The van der Waals surface area contributed by atoms with Crippen LogP contribution in [-0.4, -0.2) is 8.42 Å². The van der Waals surface area contributed by atoms with Crippen molar-refractivity contribution < 1.29 is 8.42 Å². The van der Waals surface area contributed by atoms with E-state index in [-0.39, 0.29) is 5.03 Å². The van der Waals surface area contributed by atoms with Crippen LogP contribution in [0.25, 0.3) is 5.57 Å². The third-order valence-corrected chi connectivity index (χ3v) is 3.63. The number of hydrogen-bond acceptors (Lipinski definition) is 3. The molecule has 2 rings (SSSR count). The molecular weight excluding hydrogens is 210 g/mol. The van der Waals surface area contributed by atoms with Gasteiger partial charge in [-0.25, -0.2) is 8.42 Å². The van der Waals surface area contributed by atoms with Gasteiger partial charge in [-0.3, -0.25) is 0 Å². The molecule has 1 aromatic carbocycles. The number of benzene rings is 1. The van der Waals surface area contributed by atoms with Crippen LogP contribution in [0.4, 0.5) is 0 Å². The Hall–Kier alpha value is -1.55. The van der Waals surface area contributed by atoms with Gasteiger partial charge in [-0.05, 0) is 24.1 Å². The number of allylic oxidation sites excluding steroid dienone is 2. The van der Waals surface area contributed by atoms with E-state index in [4.69, 9.17) is 5.73 Å². The first kappa shape index (κ1) is 9.98. The highest BCUT2D eigenvalue weighted by atomic mass is 32.2. The maximum atomic E-state index is 11.3. The zero-order valence-electron chi connectivity index (χ0n) is 8.27. The summed E-state index contributed by atoms with van der Waals surface area (Å²) in [4.78, 5) is 0. The van der Waals surface area contributed by atoms with E-state index in [2.05, 4.69) is 0 Å². The second kappa shape index (κ2) is 3.24. The third kappa shape index (κ3) is 1.80. The Balaban J connectivity index is 2.48. The first-order valence-electron chi connectivity index (χ1n) is 4.50. The highest BCUT2D eigenvalue weighted by molar-refractivity contribution is 7.98. The van der Waals surface area contributed by atoms with Crippen LogP contribution in [0.3, 0.4) is 0 Å². The summed E-state index contributed by atoms with van der Waals surface area (Å²) in [6, 6.07) is 7.63. The summed E-state index contributed by atoms with van der Waals surface area (Å²) in [6.45, 7) is 1.98. The quantitative estimate of drug-likeness (QED) is 0.783. The van der Waals surface area contributed by atoms with Crippen LogP contribution in [0.15, 0.2) is 40.8 Å². The summed E-state index contributed by atoms with van der Waals surface area (Å²) < 4.78 is 22.7. The Labute approximate surface area is 88.8 Å². The minimum Gasteiger partial charge on any atom is -0.389 e. The van der Waals surface area contributed by atoms with Crippen molar-refractivity contribution in [2.24, 2.45) is 5.73 Å². The van der Waals surface area contributed by atoms with Crippen molar-refractivity contribution in [1.29, 1.82) is 0 Å². The average molecular weight is 221 g/mol. The zero-order chi connectivity index (χ0) is 11.1. The summed E-state index contributed by atoms with van der Waals surface area (Å²) in [5.74, 6) is 0. The Morgan fingerprint density at radius 1 is 1.13 bits per heavy atom. The van der Waals surface area contributed by atoms with Crippen molar-refractivity contribution in [3.05, 3.63) is 51.9 Å². The second-order valence-corrected chi connectivity index (χ2v) is 5.33. The van der Waals surface area contributed by atoms with Gasteiger partial charge in [0.15, 0.2) is 0 Å². The van der Waals surface area contributed by atoms with E-state index in [0.29, 0.717) is 5.57 Å². The molecule has 3 nitrogen and oxygen atoms in total. The van der Waals surface area contributed by atoms with E-state index >= 15 is 0 Å². The highest BCUT2D eigenvalue weighted by Gasteiger charge is 2.20. The van der Waals surface area contributed by atoms with Gasteiger partial charge in [0.25, 0.3) is 0 Å². The fourth-order valence-electron chi connectivity index (χ4n) is 1.40. The monoisotopic (exact) mass is 221 g/mol. The van der Waals surface area contributed by atoms with Gasteiger partial charge in [0, 0.05) is 5.41 Å². The van der Waals surface area contributed by atoms with E-state index in [0.717, 1.165) is 11.1 Å². The number of aryl methyl sites for hydroxylation is 1. The summed E-state index contributed by atoms with van der Waals surface area (Å²) in [7, 11) is -3.36. The van der Waals surface area contributed by atoms with Crippen LogP contribution in [0.5, 0.6) is 0 Å². The second-order valence-electron chi connectivity index (χ2n) is 3.53. The topological polar surface area (TPSA) is 60.2 Å². The SMILES string of the molecule is Cc1ccc(C2=CS(=O)(=O)C(N)=C2)cc1. The molecule has 0 unspecified atom stereocenters. The van der Waals surface area contributed by atoms with Gasteiger partial charge in [0.05, 0.1) is 0 Å². The van der Waals surface area contributed by atoms with Crippen LogP contribution < -0.4 is 5.73 Å². The van der Waals surface area contributed by atoms with Crippen LogP contribution >= 0.6 is 0 Å². The summed E-state index contributed by atoms with van der Waals surface area (Å²) in [6.07, 6.45) is 1.49. The van der Waals surface area contributed by atoms with Crippen molar-refractivity contribution in [2.45, 2.75) is 6.92 Å². The van der Waals surface area contributed by atoms with Crippen LogP contribution in [-0.2, 0) is 9.84 Å². The molecular formula is C11H11NO2S. The maximum Gasteiger partial charge on any atom is 0.215 e. The summed E-state index contributed by atoms with van der Waals surface area (Å²) in [5.41, 5.74) is 8.04. The van der Waals surface area contributed by atoms with Crippen LogP contribution in [0.1, 0.15) is 11.1 Å². The van der Waals surface area contributed by atoms with E-state index in [1.807, 2.05) is 31.2 Å². The molecule has 0 bridgehead atoms. The van der Waals surface area contributed by atoms with Gasteiger partial charge < -0.3 is 5.73 Å². The molecule has 0 saturated heterocycles. The van der Waals surface area contributed by atoms with Gasteiger partial charge in [-0.2, -0.15) is 0 Å². The van der Waals surface area contributed by atoms with E-state index in [9.17, 15) is 8.42 Å². The minimum atomic E-state index is -3.36. The molecule has 0 aromatic heterocycles. The Bertz CT molecular complexity index is 551. The molecule has 1 aromatic rings. The molecule has 0 spiro atoms. The van der Waals surface area contributed by atoms with Crippen LogP contribution in [0.2, 0.25) is 0 Å². The Morgan fingerprint density at radius 3 is 2.20 bits per heavy atom. The van der Waals surface area contributed by atoms with Crippen LogP contribution in [0, 0.1) is 6.92 Å². The summed E-state index contributed by atoms with van der Waals surface area (Å²) >= 11 is 0. The van der Waals surface area contributed by atoms with Crippen molar-refractivity contribution in [3.63, 3.8) is 0 Å². The van der Waals surface area contributed by atoms with Gasteiger partial charge in [-0.1, -0.05) is 29.8 Å². The normalized spacial score (nSPS) is 18.5. The van der Waals surface area contributed by atoms with Crippen molar-refractivity contribution in [3.8, 4) is 0 Å². The van der Waals surface area contributed by atoms with E-state index < -0.39 is 9.84 Å². The zero-order valence-corrected chi connectivity index (χ0v) is 9.08. The standard InChI is InChI=1S/C11H11NO2S/c1-8-2-4-9(5-3-8)10-6-11(12)15(13,14)7-10/h2-7H,12H2,1H3. The largest absolute Gasteiger partial charge is 0.389 e. The number of rotatable bonds is 1. The molecule has 78 valence electrons. The van der Waals surface area contributed by atoms with E-state index in [1.165, 1.54) is 11.5 Å². The minimum absolute atomic E-state index is 0.0851. The van der Waals surface area contributed by atoms with Gasteiger partial charge in [-0.15, -0.1) is 0 Å². The molecule has 0 atom stereocenters. The Morgan fingerprint density at radius 2 is 1.73 bits per heavy atom. The Kier molecular flexibility index (Phi) is 2.16. The molecule has 0 amide bonds. The third-order valence-electron chi connectivity index (χ3n) is 2.29. The summed E-state index contributed by atoms with van der Waals surface area (Å²) in [5, 5.41) is 1.12. The molecule has 4 heteroatoms. The molecule has 0 fully saturated rings. The first-order valence-corrected chi connectivity index (χ1v) is 6.05. The fraction of sp³-hybridized carbons (Fsp3) is 0.0909. The number of sulfone groups is 1. The molecule has 0 saturated carbocycles. The lowest BCUT2D eigenvalue weighted by molar-refractivity contribution is 0.610. The van der Waals surface area contributed by atoms with E-state index in [1.54, 1.807) is 0 Å². The van der Waals surface area contributed by atoms with Gasteiger partial charge in [0.2, 0.25) is 9.84 Å². The maximum absolute atomic E-state index is 11.3. The lowest BCUT2D eigenvalue weighted by Gasteiger charge is -1.98. The van der Waals surface area contributed by atoms with Crippen molar-refractivity contribution in [2.75, 3.05) is 0 Å². The molecule has 15 heavy (non-hydrogen) atoms. The predicted octanol–water partition coefficient (Wildman–Crippen LogP) is 1.56. The lowest BCUT2D eigenvalue weighted by atomic mass is 10.1. The molecule has 1 aliphatic heterocycles. The number of hydrogen-bond donors (Lipinski definition) is 1. The highest BCUT2D eigenvalue weighted by Crippen LogP contribution is 2.26. The van der Waals surface area contributed by atoms with Gasteiger partial charge in [0.1, 0.15) is 5.03 Å². The van der Waals surface area contributed by atoms with Crippen molar-refractivity contribution in [1.82, 2.24) is 0 Å². The average Bonchev–Trinajstić information content (AvgIpc) is 2.42. The molecule has 0 aliphatic carbocycles. The predicted molar refractivity (Wildman–Crippen MR) is 60.3 cm³/mol. The molecule has 2 N–H and O–H groups in total. The molecule has 1 heterocycles. The lowest BCUT2D eigenvalue weighted by Crippen LogP contribution is -2.04. The molecule has 0 radical (unpaired) electrons. The van der Waals surface area contributed by atoms with Gasteiger partial charge >= 0.3 is 0 Å². The first-order chi connectivity index (χ1) is 6.99.